The lowest BCUT2D eigenvalue weighted by Crippen LogP contribution is -2.05. The van der Waals surface area contributed by atoms with Gasteiger partial charge >= 0.3 is 0 Å². The molecule has 0 aliphatic rings. The molecule has 0 saturated carbocycles. The molecule has 0 bridgehead atoms. The van der Waals surface area contributed by atoms with Gasteiger partial charge in [0, 0.05) is 7.11 Å². The summed E-state index contributed by atoms with van der Waals surface area (Å²) in [4.78, 5) is 10.5. The van der Waals surface area contributed by atoms with Crippen molar-refractivity contribution in [2.45, 2.75) is 19.5 Å². The summed E-state index contributed by atoms with van der Waals surface area (Å²) < 4.78 is 21.1. The van der Waals surface area contributed by atoms with E-state index in [0.29, 0.717) is 23.6 Å². The van der Waals surface area contributed by atoms with Crippen molar-refractivity contribution < 1.29 is 28.2 Å². The van der Waals surface area contributed by atoms with Crippen LogP contribution in [0.5, 0.6) is 0 Å². The fraction of sp³-hybridized carbons (Fsp3) is 0.308. The van der Waals surface area contributed by atoms with Crippen molar-refractivity contribution in [2.75, 3.05) is 7.11 Å². The van der Waals surface area contributed by atoms with Gasteiger partial charge in [-0.15, -0.1) is 0 Å². The standard InChI is InChI=1S/C13H14O6/c1-16-13(12-5-4-10(7-15)19-12)17-8-11-3-2-9(6-14)18-11/h2-6,13,15H,7-8H2,1H3/t13-/m1/s1. The Labute approximate surface area is 109 Å². The number of furan rings is 2. The van der Waals surface area contributed by atoms with Crippen LogP contribution in [0.4, 0.5) is 0 Å². The monoisotopic (exact) mass is 266 g/mol. The average molecular weight is 266 g/mol. The lowest BCUT2D eigenvalue weighted by Gasteiger charge is -2.12. The average Bonchev–Trinajstić information content (AvgIpc) is 3.08. The highest BCUT2D eigenvalue weighted by Gasteiger charge is 2.16. The van der Waals surface area contributed by atoms with Crippen LogP contribution in [0, 0.1) is 0 Å². The molecule has 19 heavy (non-hydrogen) atoms. The van der Waals surface area contributed by atoms with Crippen LogP contribution in [-0.4, -0.2) is 18.5 Å². The van der Waals surface area contributed by atoms with Crippen molar-refractivity contribution in [3.63, 3.8) is 0 Å². The quantitative estimate of drug-likeness (QED) is 0.610. The molecule has 0 aliphatic heterocycles. The van der Waals surface area contributed by atoms with E-state index in [2.05, 4.69) is 0 Å². The first kappa shape index (κ1) is 13.5. The molecule has 2 aromatic rings. The number of hydrogen-bond donors (Lipinski definition) is 1. The number of aliphatic hydroxyl groups is 1. The van der Waals surface area contributed by atoms with Crippen LogP contribution in [0.1, 0.15) is 34.1 Å². The highest BCUT2D eigenvalue weighted by Crippen LogP contribution is 2.22. The first-order chi connectivity index (χ1) is 9.26. The van der Waals surface area contributed by atoms with Gasteiger partial charge in [0.1, 0.15) is 24.7 Å². The first-order valence-corrected chi connectivity index (χ1v) is 5.64. The van der Waals surface area contributed by atoms with E-state index in [1.807, 2.05) is 0 Å². The Kier molecular flexibility index (Phi) is 4.51. The van der Waals surface area contributed by atoms with Gasteiger partial charge < -0.3 is 23.4 Å². The minimum absolute atomic E-state index is 0.140. The molecule has 0 amide bonds. The predicted molar refractivity (Wildman–Crippen MR) is 63.3 cm³/mol. The maximum atomic E-state index is 10.5. The minimum Gasteiger partial charge on any atom is -0.458 e. The van der Waals surface area contributed by atoms with Crippen LogP contribution < -0.4 is 0 Å². The summed E-state index contributed by atoms with van der Waals surface area (Å²) >= 11 is 0. The maximum absolute atomic E-state index is 10.5. The normalized spacial score (nSPS) is 12.5. The molecule has 0 radical (unpaired) electrons. The van der Waals surface area contributed by atoms with Gasteiger partial charge in [0.15, 0.2) is 17.8 Å². The molecule has 0 aromatic carbocycles. The van der Waals surface area contributed by atoms with E-state index in [9.17, 15) is 4.79 Å². The molecule has 0 unspecified atom stereocenters. The van der Waals surface area contributed by atoms with E-state index in [4.69, 9.17) is 23.4 Å². The molecule has 2 aromatic heterocycles. The molecule has 0 aliphatic carbocycles. The van der Waals surface area contributed by atoms with Crippen molar-refractivity contribution in [1.82, 2.24) is 0 Å². The number of ether oxygens (including phenoxy) is 2. The van der Waals surface area contributed by atoms with Gasteiger partial charge in [-0.05, 0) is 24.3 Å². The zero-order chi connectivity index (χ0) is 13.7. The summed E-state index contributed by atoms with van der Waals surface area (Å²) in [5.74, 6) is 1.64. The number of aldehydes is 1. The smallest absolute Gasteiger partial charge is 0.217 e. The highest BCUT2D eigenvalue weighted by atomic mass is 16.7. The molecule has 1 N–H and O–H groups in total. The molecule has 0 saturated heterocycles. The van der Waals surface area contributed by atoms with E-state index < -0.39 is 6.29 Å². The van der Waals surface area contributed by atoms with Crippen LogP contribution in [0.2, 0.25) is 0 Å². The fourth-order valence-electron chi connectivity index (χ4n) is 1.57. The summed E-state index contributed by atoms with van der Waals surface area (Å²) in [7, 11) is 1.48. The van der Waals surface area contributed by atoms with Gasteiger partial charge in [-0.2, -0.15) is 0 Å². The van der Waals surface area contributed by atoms with Gasteiger partial charge in [-0.25, -0.2) is 0 Å². The lowest BCUT2D eigenvalue weighted by molar-refractivity contribution is -0.149. The summed E-state index contributed by atoms with van der Waals surface area (Å²) in [5.41, 5.74) is 0. The van der Waals surface area contributed by atoms with E-state index >= 15 is 0 Å². The van der Waals surface area contributed by atoms with Gasteiger partial charge in [-0.1, -0.05) is 0 Å². The Morgan fingerprint density at radius 2 is 2.05 bits per heavy atom. The van der Waals surface area contributed by atoms with Gasteiger partial charge in [-0.3, -0.25) is 4.79 Å². The number of methoxy groups -OCH3 is 1. The first-order valence-electron chi connectivity index (χ1n) is 5.64. The molecule has 1 atom stereocenters. The molecule has 2 heterocycles. The molecule has 2 rings (SSSR count). The zero-order valence-electron chi connectivity index (χ0n) is 10.4. The Morgan fingerprint density at radius 1 is 1.26 bits per heavy atom. The van der Waals surface area contributed by atoms with Crippen LogP contribution in [-0.2, 0) is 22.7 Å². The largest absolute Gasteiger partial charge is 0.458 e. The van der Waals surface area contributed by atoms with E-state index in [0.717, 1.165) is 0 Å². The highest BCUT2D eigenvalue weighted by molar-refractivity contribution is 5.70. The van der Waals surface area contributed by atoms with Crippen molar-refractivity contribution in [2.24, 2.45) is 0 Å². The number of aliphatic hydroxyl groups excluding tert-OH is 1. The topological polar surface area (TPSA) is 82.0 Å². The van der Waals surface area contributed by atoms with Crippen LogP contribution >= 0.6 is 0 Å². The zero-order valence-corrected chi connectivity index (χ0v) is 10.4. The van der Waals surface area contributed by atoms with Gasteiger partial charge in [0.05, 0.1) is 0 Å². The molecule has 0 spiro atoms. The number of carbonyl (C=O) groups is 1. The maximum Gasteiger partial charge on any atom is 0.217 e. The molecule has 6 heteroatoms. The SMILES string of the molecule is CO[C@H](OCc1ccc(C=O)o1)c1ccc(CO)o1. The minimum atomic E-state index is -0.704. The third-order valence-electron chi connectivity index (χ3n) is 2.46. The molecule has 102 valence electrons. The van der Waals surface area contributed by atoms with E-state index in [1.165, 1.54) is 7.11 Å². The van der Waals surface area contributed by atoms with E-state index in [1.54, 1.807) is 24.3 Å². The number of hydrogen-bond acceptors (Lipinski definition) is 6. The van der Waals surface area contributed by atoms with Crippen molar-refractivity contribution in [3.8, 4) is 0 Å². The van der Waals surface area contributed by atoms with Crippen molar-refractivity contribution in [1.29, 1.82) is 0 Å². The summed E-state index contributed by atoms with van der Waals surface area (Å²) in [6.07, 6.45) is -0.0812. The van der Waals surface area contributed by atoms with Crippen LogP contribution in [0.25, 0.3) is 0 Å². The van der Waals surface area contributed by atoms with Crippen LogP contribution in [0.15, 0.2) is 33.1 Å². The Hall–Kier alpha value is -1.89. The Morgan fingerprint density at radius 3 is 2.63 bits per heavy atom. The molecular weight excluding hydrogens is 252 g/mol. The second-order valence-corrected chi connectivity index (χ2v) is 3.76. The van der Waals surface area contributed by atoms with Crippen molar-refractivity contribution >= 4 is 6.29 Å². The molecular formula is C13H14O6. The van der Waals surface area contributed by atoms with Crippen LogP contribution in [0.3, 0.4) is 0 Å². The Bertz CT molecular complexity index is 527. The lowest BCUT2D eigenvalue weighted by atomic mass is 10.4. The number of carbonyl (C=O) groups excluding carboxylic acids is 1. The number of rotatable bonds is 7. The second-order valence-electron chi connectivity index (χ2n) is 3.76. The Balaban J connectivity index is 1.97. The fourth-order valence-corrected chi connectivity index (χ4v) is 1.57. The second kappa shape index (κ2) is 6.33. The summed E-state index contributed by atoms with van der Waals surface area (Å²) in [6, 6.07) is 6.52. The predicted octanol–water partition coefficient (Wildman–Crippen LogP) is 2.04. The third kappa shape index (κ3) is 3.31. The summed E-state index contributed by atoms with van der Waals surface area (Å²) in [6.45, 7) is -0.0428. The molecule has 0 fully saturated rings. The van der Waals surface area contributed by atoms with Gasteiger partial charge in [0.25, 0.3) is 0 Å². The summed E-state index contributed by atoms with van der Waals surface area (Å²) in [5, 5.41) is 8.92. The van der Waals surface area contributed by atoms with Crippen molar-refractivity contribution in [3.05, 3.63) is 47.3 Å². The van der Waals surface area contributed by atoms with E-state index in [-0.39, 0.29) is 19.0 Å². The van der Waals surface area contributed by atoms with Gasteiger partial charge in [0.2, 0.25) is 6.29 Å². The molecule has 6 nitrogen and oxygen atoms in total. The third-order valence-corrected chi connectivity index (χ3v) is 2.46.